The lowest BCUT2D eigenvalue weighted by Crippen LogP contribution is -2.34. The molecule has 0 amide bonds. The SMILES string of the molecule is CCCCC(c1ccccc1OC)C1CCC(C(=O)[O-])CC1. The lowest BCUT2D eigenvalue weighted by molar-refractivity contribution is -0.312. The third kappa shape index (κ3) is 4.02. The highest BCUT2D eigenvalue weighted by Crippen LogP contribution is 2.43. The van der Waals surface area contributed by atoms with Crippen LogP contribution in [0.4, 0.5) is 0 Å². The number of rotatable bonds is 7. The number of hydrogen-bond donors (Lipinski definition) is 0. The molecule has 1 aromatic carbocycles. The number of hydrogen-bond acceptors (Lipinski definition) is 3. The lowest BCUT2D eigenvalue weighted by Gasteiger charge is -2.35. The van der Waals surface area contributed by atoms with E-state index in [0.717, 1.165) is 37.9 Å². The molecule has 0 heterocycles. The van der Waals surface area contributed by atoms with Gasteiger partial charge in [0.15, 0.2) is 0 Å². The molecule has 0 aliphatic heterocycles. The predicted octanol–water partition coefficient (Wildman–Crippen LogP) is 3.53. The third-order valence-electron chi connectivity index (χ3n) is 5.08. The van der Waals surface area contributed by atoms with E-state index in [0.29, 0.717) is 11.8 Å². The maximum Gasteiger partial charge on any atom is 0.122 e. The molecule has 3 heteroatoms. The van der Waals surface area contributed by atoms with Crippen molar-refractivity contribution < 1.29 is 14.6 Å². The number of carboxylic acids is 1. The summed E-state index contributed by atoms with van der Waals surface area (Å²) in [6.45, 7) is 2.21. The van der Waals surface area contributed by atoms with Crippen LogP contribution < -0.4 is 9.84 Å². The third-order valence-corrected chi connectivity index (χ3v) is 5.08. The first-order valence-corrected chi connectivity index (χ1v) is 8.51. The number of unbranched alkanes of at least 4 members (excludes halogenated alkanes) is 1. The van der Waals surface area contributed by atoms with Crippen LogP contribution in [0.2, 0.25) is 0 Å². The van der Waals surface area contributed by atoms with Gasteiger partial charge in [-0.1, -0.05) is 38.0 Å². The Hall–Kier alpha value is -1.51. The van der Waals surface area contributed by atoms with E-state index < -0.39 is 5.97 Å². The van der Waals surface area contributed by atoms with E-state index >= 15 is 0 Å². The van der Waals surface area contributed by atoms with Crippen LogP contribution in [0.1, 0.15) is 63.4 Å². The van der Waals surface area contributed by atoms with Gasteiger partial charge in [-0.15, -0.1) is 0 Å². The Morgan fingerprint density at radius 3 is 2.55 bits per heavy atom. The molecule has 1 aromatic rings. The monoisotopic (exact) mass is 303 g/mol. The van der Waals surface area contributed by atoms with Crippen molar-refractivity contribution in [2.75, 3.05) is 7.11 Å². The predicted molar refractivity (Wildman–Crippen MR) is 85.7 cm³/mol. The zero-order valence-corrected chi connectivity index (χ0v) is 13.7. The molecule has 1 saturated carbocycles. The van der Waals surface area contributed by atoms with Crippen LogP contribution in [0, 0.1) is 11.8 Å². The Labute approximate surface area is 133 Å². The Morgan fingerprint density at radius 2 is 1.95 bits per heavy atom. The fourth-order valence-electron chi connectivity index (χ4n) is 3.80. The Morgan fingerprint density at radius 1 is 1.27 bits per heavy atom. The van der Waals surface area contributed by atoms with Crippen LogP contribution in [0.25, 0.3) is 0 Å². The van der Waals surface area contributed by atoms with Crippen LogP contribution >= 0.6 is 0 Å². The zero-order chi connectivity index (χ0) is 15.9. The Balaban J connectivity index is 2.14. The van der Waals surface area contributed by atoms with E-state index in [-0.39, 0.29) is 5.92 Å². The molecule has 0 spiro atoms. The van der Waals surface area contributed by atoms with E-state index in [1.54, 1.807) is 7.11 Å². The first-order valence-electron chi connectivity index (χ1n) is 8.51. The summed E-state index contributed by atoms with van der Waals surface area (Å²) in [6, 6.07) is 8.28. The summed E-state index contributed by atoms with van der Waals surface area (Å²) in [6.07, 6.45) is 6.99. The molecule has 1 unspecified atom stereocenters. The van der Waals surface area contributed by atoms with Gasteiger partial charge in [0.2, 0.25) is 0 Å². The molecule has 0 bridgehead atoms. The molecule has 1 fully saturated rings. The number of carbonyl (C=O) groups is 1. The molecule has 2 rings (SSSR count). The molecular formula is C19H27O3-. The standard InChI is InChI=1S/C19H28O3/c1-3-4-7-16(17-8-5-6-9-18(17)22-2)14-10-12-15(13-11-14)19(20)21/h5-6,8-9,14-16H,3-4,7,10-13H2,1-2H3,(H,20,21)/p-1. The second-order valence-electron chi connectivity index (χ2n) is 6.42. The van der Waals surface area contributed by atoms with Crippen LogP contribution in [0.5, 0.6) is 5.75 Å². The smallest absolute Gasteiger partial charge is 0.122 e. The fraction of sp³-hybridized carbons (Fsp3) is 0.632. The van der Waals surface area contributed by atoms with E-state index in [2.05, 4.69) is 19.1 Å². The number of para-hydroxylation sites is 1. The molecule has 1 aliphatic carbocycles. The largest absolute Gasteiger partial charge is 0.550 e. The number of carboxylic acid groups (broad SMARTS) is 1. The molecular weight excluding hydrogens is 276 g/mol. The second-order valence-corrected chi connectivity index (χ2v) is 6.42. The van der Waals surface area contributed by atoms with E-state index in [1.807, 2.05) is 12.1 Å². The minimum absolute atomic E-state index is 0.249. The maximum absolute atomic E-state index is 11.0. The van der Waals surface area contributed by atoms with Gasteiger partial charge in [-0.25, -0.2) is 0 Å². The van der Waals surface area contributed by atoms with Gasteiger partial charge in [-0.3, -0.25) is 0 Å². The van der Waals surface area contributed by atoms with Gasteiger partial charge in [-0.2, -0.15) is 0 Å². The molecule has 0 N–H and O–H groups in total. The number of ether oxygens (including phenoxy) is 1. The van der Waals surface area contributed by atoms with Gasteiger partial charge in [0.05, 0.1) is 7.11 Å². The highest BCUT2D eigenvalue weighted by atomic mass is 16.5. The normalized spacial score (nSPS) is 23.0. The average molecular weight is 303 g/mol. The maximum atomic E-state index is 11.0. The summed E-state index contributed by atoms with van der Waals surface area (Å²) in [7, 11) is 1.72. The summed E-state index contributed by atoms with van der Waals surface area (Å²) < 4.78 is 5.55. The van der Waals surface area contributed by atoms with E-state index in [1.165, 1.54) is 18.4 Å². The molecule has 122 valence electrons. The van der Waals surface area contributed by atoms with Gasteiger partial charge >= 0.3 is 0 Å². The molecule has 1 aliphatic rings. The Kier molecular flexibility index (Phi) is 6.29. The summed E-state index contributed by atoms with van der Waals surface area (Å²) in [5.41, 5.74) is 1.29. The summed E-state index contributed by atoms with van der Waals surface area (Å²) >= 11 is 0. The van der Waals surface area contributed by atoms with Gasteiger partial charge in [0.25, 0.3) is 0 Å². The summed E-state index contributed by atoms with van der Waals surface area (Å²) in [4.78, 5) is 11.0. The minimum Gasteiger partial charge on any atom is -0.550 e. The molecule has 3 nitrogen and oxygen atoms in total. The summed E-state index contributed by atoms with van der Waals surface area (Å²) in [5.74, 6) is 0.865. The molecule has 0 radical (unpaired) electrons. The fourth-order valence-corrected chi connectivity index (χ4v) is 3.80. The van der Waals surface area contributed by atoms with Crippen molar-refractivity contribution in [1.29, 1.82) is 0 Å². The highest BCUT2D eigenvalue weighted by Gasteiger charge is 2.30. The second kappa shape index (κ2) is 8.21. The van der Waals surface area contributed by atoms with Crippen LogP contribution in [-0.2, 0) is 4.79 Å². The van der Waals surface area contributed by atoms with Crippen molar-refractivity contribution in [3.05, 3.63) is 29.8 Å². The number of aliphatic carboxylic acids is 1. The van der Waals surface area contributed by atoms with Crippen molar-refractivity contribution in [2.45, 2.75) is 57.8 Å². The van der Waals surface area contributed by atoms with Crippen molar-refractivity contribution in [3.8, 4) is 5.75 Å². The van der Waals surface area contributed by atoms with Crippen molar-refractivity contribution in [2.24, 2.45) is 11.8 Å². The topological polar surface area (TPSA) is 49.4 Å². The molecule has 0 aromatic heterocycles. The van der Waals surface area contributed by atoms with Crippen LogP contribution in [0.15, 0.2) is 24.3 Å². The number of benzene rings is 1. The van der Waals surface area contributed by atoms with Gasteiger partial charge in [-0.05, 0) is 61.5 Å². The Bertz CT molecular complexity index is 475. The van der Waals surface area contributed by atoms with Crippen molar-refractivity contribution in [1.82, 2.24) is 0 Å². The average Bonchev–Trinajstić information content (AvgIpc) is 2.56. The van der Waals surface area contributed by atoms with Crippen LogP contribution in [0.3, 0.4) is 0 Å². The van der Waals surface area contributed by atoms with Gasteiger partial charge in [0.1, 0.15) is 5.75 Å². The zero-order valence-electron chi connectivity index (χ0n) is 13.7. The molecule has 22 heavy (non-hydrogen) atoms. The quantitative estimate of drug-likeness (QED) is 0.774. The van der Waals surface area contributed by atoms with Crippen molar-refractivity contribution >= 4 is 5.97 Å². The van der Waals surface area contributed by atoms with E-state index in [4.69, 9.17) is 4.74 Å². The van der Waals surface area contributed by atoms with Crippen molar-refractivity contribution in [3.63, 3.8) is 0 Å². The number of carbonyl (C=O) groups excluding carboxylic acids is 1. The minimum atomic E-state index is -0.874. The summed E-state index contributed by atoms with van der Waals surface area (Å²) in [5, 5.41) is 11.0. The van der Waals surface area contributed by atoms with E-state index in [9.17, 15) is 9.90 Å². The number of methoxy groups -OCH3 is 1. The highest BCUT2D eigenvalue weighted by molar-refractivity contribution is 5.67. The van der Waals surface area contributed by atoms with Gasteiger partial charge < -0.3 is 14.6 Å². The molecule has 0 saturated heterocycles. The first-order chi connectivity index (χ1) is 10.7. The lowest BCUT2D eigenvalue weighted by atomic mass is 9.72. The van der Waals surface area contributed by atoms with Crippen LogP contribution in [-0.4, -0.2) is 13.1 Å². The molecule has 1 atom stereocenters. The first kappa shape index (κ1) is 16.9. The van der Waals surface area contributed by atoms with Gasteiger partial charge in [0, 0.05) is 5.97 Å².